The molecule has 1 atom stereocenters. The van der Waals surface area contributed by atoms with Gasteiger partial charge in [-0.25, -0.2) is 12.7 Å². The van der Waals surface area contributed by atoms with E-state index in [1.165, 1.54) is 4.31 Å². The number of rotatable bonds is 10. The molecule has 186 valence electrons. The number of carbonyl (C=O) groups is 1. The lowest BCUT2D eigenvalue weighted by molar-refractivity contribution is -0.120. The van der Waals surface area contributed by atoms with Crippen LogP contribution in [0.25, 0.3) is 0 Å². The van der Waals surface area contributed by atoms with Crippen LogP contribution in [0.3, 0.4) is 0 Å². The van der Waals surface area contributed by atoms with Gasteiger partial charge in [-0.1, -0.05) is 6.92 Å². The van der Waals surface area contributed by atoms with Crippen molar-refractivity contribution < 1.29 is 27.4 Å². The fourth-order valence-corrected chi connectivity index (χ4v) is 5.86. The number of sulfonamides is 1. The summed E-state index contributed by atoms with van der Waals surface area (Å²) < 4.78 is 43.7. The number of morpholine rings is 1. The monoisotopic (exact) mass is 483 g/mol. The Morgan fingerprint density at radius 2 is 1.79 bits per heavy atom. The quantitative estimate of drug-likeness (QED) is 0.546. The van der Waals surface area contributed by atoms with Gasteiger partial charge in [-0.05, 0) is 33.1 Å². The second-order valence-electron chi connectivity index (χ2n) is 8.28. The molecule has 0 saturated carbocycles. The van der Waals surface area contributed by atoms with E-state index in [9.17, 15) is 13.2 Å². The van der Waals surface area contributed by atoms with Gasteiger partial charge in [0.05, 0.1) is 49.5 Å². The Hall–Kier alpha value is -2.04. The molecule has 33 heavy (non-hydrogen) atoms. The van der Waals surface area contributed by atoms with Crippen molar-refractivity contribution in [2.24, 2.45) is 5.92 Å². The highest BCUT2D eigenvalue weighted by atomic mass is 32.2. The van der Waals surface area contributed by atoms with Crippen LogP contribution in [-0.4, -0.2) is 77.0 Å². The van der Waals surface area contributed by atoms with Crippen LogP contribution in [-0.2, 0) is 19.6 Å². The van der Waals surface area contributed by atoms with E-state index in [1.807, 2.05) is 32.9 Å². The molecule has 0 aromatic heterocycles. The van der Waals surface area contributed by atoms with Crippen LogP contribution in [0, 0.1) is 5.92 Å². The van der Waals surface area contributed by atoms with E-state index < -0.39 is 15.9 Å². The highest BCUT2D eigenvalue weighted by molar-refractivity contribution is 7.89. The Kier molecular flexibility index (Phi) is 9.22. The summed E-state index contributed by atoms with van der Waals surface area (Å²) in [5.74, 6) is 0.746. The number of hydrogen-bond acceptors (Lipinski definition) is 7. The molecule has 2 heterocycles. The van der Waals surface area contributed by atoms with Crippen molar-refractivity contribution in [2.45, 2.75) is 40.0 Å². The first-order chi connectivity index (χ1) is 15.9. The Bertz CT molecular complexity index is 902. The number of amides is 1. The third kappa shape index (κ3) is 6.51. The second-order valence-corrected chi connectivity index (χ2v) is 10.4. The van der Waals surface area contributed by atoms with Gasteiger partial charge in [-0.3, -0.25) is 4.79 Å². The van der Waals surface area contributed by atoms with E-state index in [0.29, 0.717) is 69.4 Å². The van der Waals surface area contributed by atoms with E-state index in [0.717, 1.165) is 18.8 Å². The van der Waals surface area contributed by atoms with E-state index in [-0.39, 0.29) is 18.2 Å². The number of benzene rings is 1. The molecule has 0 radical (unpaired) electrons. The van der Waals surface area contributed by atoms with Gasteiger partial charge >= 0.3 is 0 Å². The lowest BCUT2D eigenvalue weighted by atomic mass is 9.98. The van der Waals surface area contributed by atoms with Crippen LogP contribution in [0.15, 0.2) is 12.1 Å². The highest BCUT2D eigenvalue weighted by Gasteiger charge is 2.32. The minimum absolute atomic E-state index is 0.108. The zero-order chi connectivity index (χ0) is 23.8. The normalized spacial score (nSPS) is 19.8. The Balaban J connectivity index is 1.82. The molecular weight excluding hydrogens is 446 g/mol. The molecule has 0 bridgehead atoms. The largest absolute Gasteiger partial charge is 0.492 e. The number of anilines is 2. The third-order valence-corrected chi connectivity index (χ3v) is 7.92. The fourth-order valence-electron chi connectivity index (χ4n) is 4.28. The van der Waals surface area contributed by atoms with Gasteiger partial charge in [0.1, 0.15) is 11.5 Å². The van der Waals surface area contributed by atoms with Crippen LogP contribution >= 0.6 is 0 Å². The van der Waals surface area contributed by atoms with Crippen molar-refractivity contribution in [1.82, 2.24) is 4.31 Å². The summed E-state index contributed by atoms with van der Waals surface area (Å²) in [5, 5.41) is 2.99. The summed E-state index contributed by atoms with van der Waals surface area (Å²) in [4.78, 5) is 15.3. The van der Waals surface area contributed by atoms with Crippen molar-refractivity contribution in [3.8, 4) is 11.5 Å². The lowest BCUT2D eigenvalue weighted by Crippen LogP contribution is -2.44. The van der Waals surface area contributed by atoms with Gasteiger partial charge in [0.25, 0.3) is 0 Å². The molecule has 2 saturated heterocycles. The Morgan fingerprint density at radius 1 is 1.09 bits per heavy atom. The van der Waals surface area contributed by atoms with Crippen molar-refractivity contribution in [2.75, 3.05) is 68.6 Å². The van der Waals surface area contributed by atoms with Gasteiger partial charge in [0.2, 0.25) is 15.9 Å². The standard InChI is InChI=1S/C23H37N3O6S/c1-4-14-33(28,29)26-9-7-8-18(17-26)23(27)24-19-15-22(32-6-3)20(16-21(19)31-5-2)25-10-12-30-13-11-25/h15-16,18H,4-14,17H2,1-3H3,(H,24,27). The molecule has 2 fully saturated rings. The molecule has 2 aliphatic rings. The fraction of sp³-hybridized carbons (Fsp3) is 0.696. The topological polar surface area (TPSA) is 97.4 Å². The van der Waals surface area contributed by atoms with Crippen molar-refractivity contribution in [1.29, 1.82) is 0 Å². The van der Waals surface area contributed by atoms with Crippen molar-refractivity contribution >= 4 is 27.3 Å². The molecule has 10 heteroatoms. The predicted molar refractivity (Wildman–Crippen MR) is 129 cm³/mol. The second kappa shape index (κ2) is 11.9. The predicted octanol–water partition coefficient (Wildman–Crippen LogP) is 2.71. The first-order valence-electron chi connectivity index (χ1n) is 11.9. The van der Waals surface area contributed by atoms with Crippen LogP contribution < -0.4 is 19.7 Å². The number of piperidine rings is 1. The van der Waals surface area contributed by atoms with Crippen LogP contribution in [0.5, 0.6) is 11.5 Å². The zero-order valence-corrected chi connectivity index (χ0v) is 20.8. The molecule has 1 N–H and O–H groups in total. The minimum atomic E-state index is -3.33. The average molecular weight is 484 g/mol. The lowest BCUT2D eigenvalue weighted by Gasteiger charge is -2.32. The number of carbonyl (C=O) groups excluding carboxylic acids is 1. The van der Waals surface area contributed by atoms with Crippen LogP contribution in [0.1, 0.15) is 40.0 Å². The maximum atomic E-state index is 13.2. The molecule has 3 rings (SSSR count). The highest BCUT2D eigenvalue weighted by Crippen LogP contribution is 2.39. The molecule has 9 nitrogen and oxygen atoms in total. The van der Waals surface area contributed by atoms with E-state index in [1.54, 1.807) is 0 Å². The maximum absolute atomic E-state index is 13.2. The van der Waals surface area contributed by atoms with Crippen LogP contribution in [0.4, 0.5) is 11.4 Å². The molecule has 0 spiro atoms. The van der Waals surface area contributed by atoms with Gasteiger partial charge < -0.3 is 24.4 Å². The van der Waals surface area contributed by atoms with Crippen LogP contribution in [0.2, 0.25) is 0 Å². The van der Waals surface area contributed by atoms with E-state index >= 15 is 0 Å². The maximum Gasteiger partial charge on any atom is 0.228 e. The summed E-state index contributed by atoms with van der Waals surface area (Å²) in [6.07, 6.45) is 1.88. The van der Waals surface area contributed by atoms with Gasteiger partial charge in [-0.2, -0.15) is 0 Å². The summed E-state index contributed by atoms with van der Waals surface area (Å²) in [6.45, 7) is 10.1. The first kappa shape index (κ1) is 25.6. The van der Waals surface area contributed by atoms with E-state index in [2.05, 4.69) is 10.2 Å². The molecule has 1 unspecified atom stereocenters. The molecule has 1 aromatic rings. The number of ether oxygens (including phenoxy) is 3. The van der Waals surface area contributed by atoms with Gasteiger partial charge in [-0.15, -0.1) is 0 Å². The number of nitrogens with zero attached hydrogens (tertiary/aromatic N) is 2. The summed E-state index contributed by atoms with van der Waals surface area (Å²) in [6, 6.07) is 3.72. The van der Waals surface area contributed by atoms with Gasteiger partial charge in [0.15, 0.2) is 0 Å². The average Bonchev–Trinajstić information content (AvgIpc) is 2.81. The molecular formula is C23H37N3O6S. The van der Waals surface area contributed by atoms with Crippen molar-refractivity contribution in [3.05, 3.63) is 12.1 Å². The molecule has 1 amide bonds. The minimum Gasteiger partial charge on any atom is -0.492 e. The third-order valence-electron chi connectivity index (χ3n) is 5.88. The Morgan fingerprint density at radius 3 is 2.45 bits per heavy atom. The van der Waals surface area contributed by atoms with E-state index in [4.69, 9.17) is 14.2 Å². The summed E-state index contributed by atoms with van der Waals surface area (Å²) in [7, 11) is -3.33. The van der Waals surface area contributed by atoms with Crippen molar-refractivity contribution in [3.63, 3.8) is 0 Å². The smallest absolute Gasteiger partial charge is 0.228 e. The first-order valence-corrected chi connectivity index (χ1v) is 13.6. The number of nitrogens with one attached hydrogen (secondary N) is 1. The molecule has 0 aliphatic carbocycles. The van der Waals surface area contributed by atoms with Gasteiger partial charge in [0, 0.05) is 38.3 Å². The Labute approximate surface area is 197 Å². The number of hydrogen-bond donors (Lipinski definition) is 1. The zero-order valence-electron chi connectivity index (χ0n) is 20.0. The SMILES string of the molecule is CCCS(=O)(=O)N1CCCC(C(=O)Nc2cc(OCC)c(N3CCOCC3)cc2OCC)C1. The summed E-state index contributed by atoms with van der Waals surface area (Å²) in [5.41, 5.74) is 1.45. The molecule has 1 aromatic carbocycles. The molecule has 2 aliphatic heterocycles. The summed E-state index contributed by atoms with van der Waals surface area (Å²) >= 11 is 0.